The molecule has 1 heterocycles. The van der Waals surface area contributed by atoms with Crippen molar-refractivity contribution in [2.24, 2.45) is 0 Å². The fourth-order valence-corrected chi connectivity index (χ4v) is 3.58. The van der Waals surface area contributed by atoms with Gasteiger partial charge in [0.15, 0.2) is 6.54 Å². The molecule has 2 aromatic carbocycles. The van der Waals surface area contributed by atoms with E-state index in [4.69, 9.17) is 0 Å². The molecule has 0 radical (unpaired) electrons. The Morgan fingerprint density at radius 2 is 1.63 bits per heavy atom. The quantitative estimate of drug-likeness (QED) is 0.621. The highest BCUT2D eigenvalue weighted by Gasteiger charge is 2.22. The standard InChI is InChI=1S/C17H18NS/c1-13(2)17-18(12-14-8-4-3-5-9-14)15-10-6-7-11-16(15)19-17/h3-11,13H,12H2,1-2H3/q+1. The van der Waals surface area contributed by atoms with Gasteiger partial charge in [0.25, 0.3) is 0 Å². The van der Waals surface area contributed by atoms with Crippen LogP contribution in [0.2, 0.25) is 0 Å². The summed E-state index contributed by atoms with van der Waals surface area (Å²) in [5.74, 6) is 0.557. The number of hydrogen-bond donors (Lipinski definition) is 0. The lowest BCUT2D eigenvalue weighted by molar-refractivity contribution is -0.666. The molecule has 0 spiro atoms. The van der Waals surface area contributed by atoms with Gasteiger partial charge in [-0.15, -0.1) is 0 Å². The number of fused-ring (bicyclic) bond motifs is 1. The summed E-state index contributed by atoms with van der Waals surface area (Å²) in [7, 11) is 0. The summed E-state index contributed by atoms with van der Waals surface area (Å²) in [5.41, 5.74) is 2.71. The molecule has 0 unspecified atom stereocenters. The van der Waals surface area contributed by atoms with E-state index in [9.17, 15) is 0 Å². The van der Waals surface area contributed by atoms with Crippen LogP contribution in [0.1, 0.15) is 30.3 Å². The van der Waals surface area contributed by atoms with Crippen molar-refractivity contribution >= 4 is 21.6 Å². The summed E-state index contributed by atoms with van der Waals surface area (Å²) in [6, 6.07) is 19.4. The third-order valence-electron chi connectivity index (χ3n) is 3.31. The number of thiazole rings is 1. The molecule has 96 valence electrons. The molecule has 0 amide bonds. The van der Waals surface area contributed by atoms with Gasteiger partial charge < -0.3 is 0 Å². The molecule has 0 aliphatic carbocycles. The minimum absolute atomic E-state index is 0.557. The first-order valence-electron chi connectivity index (χ1n) is 6.71. The van der Waals surface area contributed by atoms with Gasteiger partial charge in [-0.05, 0) is 6.07 Å². The minimum Gasteiger partial charge on any atom is -0.181 e. The Hall–Kier alpha value is -1.67. The lowest BCUT2D eigenvalue weighted by Gasteiger charge is -2.02. The van der Waals surface area contributed by atoms with Gasteiger partial charge in [0.2, 0.25) is 10.5 Å². The Morgan fingerprint density at radius 1 is 0.947 bits per heavy atom. The van der Waals surface area contributed by atoms with E-state index < -0.39 is 0 Å². The first-order chi connectivity index (χ1) is 9.25. The smallest absolute Gasteiger partial charge is 0.181 e. The molecule has 0 atom stereocenters. The number of hydrogen-bond acceptors (Lipinski definition) is 1. The van der Waals surface area contributed by atoms with Crippen molar-refractivity contribution in [3.8, 4) is 0 Å². The fourth-order valence-electron chi connectivity index (χ4n) is 2.41. The first-order valence-corrected chi connectivity index (χ1v) is 7.52. The molecule has 19 heavy (non-hydrogen) atoms. The van der Waals surface area contributed by atoms with E-state index in [2.05, 4.69) is 73.0 Å². The summed E-state index contributed by atoms with van der Waals surface area (Å²) in [4.78, 5) is 0. The largest absolute Gasteiger partial charge is 0.241 e. The van der Waals surface area contributed by atoms with Crippen LogP contribution in [0.4, 0.5) is 0 Å². The predicted molar refractivity (Wildman–Crippen MR) is 81.7 cm³/mol. The van der Waals surface area contributed by atoms with Gasteiger partial charge in [-0.3, -0.25) is 0 Å². The molecule has 3 aromatic rings. The van der Waals surface area contributed by atoms with Gasteiger partial charge in [0.05, 0.1) is 0 Å². The average Bonchev–Trinajstić information content (AvgIpc) is 2.79. The van der Waals surface area contributed by atoms with Gasteiger partial charge >= 0.3 is 0 Å². The van der Waals surface area contributed by atoms with Gasteiger partial charge in [0, 0.05) is 17.5 Å². The highest BCUT2D eigenvalue weighted by molar-refractivity contribution is 7.18. The minimum atomic E-state index is 0.557. The third-order valence-corrected chi connectivity index (χ3v) is 4.78. The molecular formula is C17H18NS+. The summed E-state index contributed by atoms with van der Waals surface area (Å²) < 4.78 is 3.84. The predicted octanol–water partition coefficient (Wildman–Crippen LogP) is 4.36. The first kappa shape index (κ1) is 12.4. The highest BCUT2D eigenvalue weighted by atomic mass is 32.1. The number of benzene rings is 2. The molecular weight excluding hydrogens is 250 g/mol. The number of aromatic nitrogens is 1. The highest BCUT2D eigenvalue weighted by Crippen LogP contribution is 2.25. The Bertz CT molecular complexity index is 683. The monoisotopic (exact) mass is 268 g/mol. The van der Waals surface area contributed by atoms with E-state index in [0.29, 0.717) is 5.92 Å². The van der Waals surface area contributed by atoms with Crippen LogP contribution in [0.5, 0.6) is 0 Å². The van der Waals surface area contributed by atoms with E-state index in [1.165, 1.54) is 20.8 Å². The average molecular weight is 268 g/mol. The van der Waals surface area contributed by atoms with Crippen LogP contribution in [-0.2, 0) is 6.54 Å². The summed E-state index contributed by atoms with van der Waals surface area (Å²) in [6.45, 7) is 5.50. The van der Waals surface area contributed by atoms with E-state index in [0.717, 1.165) is 6.54 Å². The van der Waals surface area contributed by atoms with Crippen molar-refractivity contribution in [2.75, 3.05) is 0 Å². The molecule has 0 aliphatic heterocycles. The Kier molecular flexibility index (Phi) is 3.34. The zero-order chi connectivity index (χ0) is 13.2. The lowest BCUT2D eigenvalue weighted by atomic mass is 10.2. The van der Waals surface area contributed by atoms with Crippen LogP contribution in [0.25, 0.3) is 10.2 Å². The van der Waals surface area contributed by atoms with Crippen LogP contribution in [-0.4, -0.2) is 0 Å². The maximum Gasteiger partial charge on any atom is 0.241 e. The zero-order valence-corrected chi connectivity index (χ0v) is 12.2. The van der Waals surface area contributed by atoms with Gasteiger partial charge in [-0.2, -0.15) is 4.57 Å². The Labute approximate surface area is 118 Å². The fraction of sp³-hybridized carbons (Fsp3) is 0.235. The van der Waals surface area contributed by atoms with Crippen LogP contribution in [0.3, 0.4) is 0 Å². The van der Waals surface area contributed by atoms with E-state index in [1.807, 2.05) is 11.3 Å². The van der Waals surface area contributed by atoms with Crippen molar-refractivity contribution in [1.82, 2.24) is 0 Å². The van der Waals surface area contributed by atoms with Crippen LogP contribution in [0.15, 0.2) is 54.6 Å². The van der Waals surface area contributed by atoms with Crippen molar-refractivity contribution in [1.29, 1.82) is 0 Å². The van der Waals surface area contributed by atoms with Gasteiger partial charge in [-0.1, -0.05) is 67.6 Å². The molecule has 1 aromatic heterocycles. The van der Waals surface area contributed by atoms with E-state index in [1.54, 1.807) is 0 Å². The molecule has 0 saturated carbocycles. The molecule has 2 heteroatoms. The lowest BCUT2D eigenvalue weighted by Crippen LogP contribution is -2.37. The normalized spacial score (nSPS) is 11.3. The third kappa shape index (κ3) is 2.41. The zero-order valence-electron chi connectivity index (χ0n) is 11.3. The molecule has 3 rings (SSSR count). The van der Waals surface area contributed by atoms with E-state index in [-0.39, 0.29) is 0 Å². The maximum absolute atomic E-state index is 2.46. The second kappa shape index (κ2) is 5.14. The molecule has 0 fully saturated rings. The van der Waals surface area contributed by atoms with Crippen molar-refractivity contribution in [3.05, 3.63) is 65.2 Å². The number of para-hydroxylation sites is 1. The molecule has 0 aliphatic rings. The maximum atomic E-state index is 2.46. The van der Waals surface area contributed by atoms with Crippen LogP contribution in [0, 0.1) is 0 Å². The second-order valence-corrected chi connectivity index (χ2v) is 6.20. The molecule has 0 saturated heterocycles. The number of nitrogens with zero attached hydrogens (tertiary/aromatic N) is 1. The van der Waals surface area contributed by atoms with Crippen molar-refractivity contribution in [3.63, 3.8) is 0 Å². The molecule has 0 bridgehead atoms. The second-order valence-electron chi connectivity index (χ2n) is 5.13. The van der Waals surface area contributed by atoms with Gasteiger partial charge in [-0.25, -0.2) is 0 Å². The Balaban J connectivity index is 2.12. The van der Waals surface area contributed by atoms with Crippen molar-refractivity contribution in [2.45, 2.75) is 26.3 Å². The Morgan fingerprint density at radius 3 is 2.37 bits per heavy atom. The van der Waals surface area contributed by atoms with Crippen LogP contribution >= 0.6 is 11.3 Å². The summed E-state index contributed by atoms with van der Waals surface area (Å²) in [6.07, 6.45) is 0. The van der Waals surface area contributed by atoms with E-state index >= 15 is 0 Å². The summed E-state index contributed by atoms with van der Waals surface area (Å²) in [5, 5.41) is 1.45. The topological polar surface area (TPSA) is 3.88 Å². The van der Waals surface area contributed by atoms with Gasteiger partial charge in [0.1, 0.15) is 4.70 Å². The van der Waals surface area contributed by atoms with Crippen molar-refractivity contribution < 1.29 is 4.57 Å². The van der Waals surface area contributed by atoms with Crippen LogP contribution < -0.4 is 4.57 Å². The molecule has 1 nitrogen and oxygen atoms in total. The number of rotatable bonds is 3. The SMILES string of the molecule is CC(C)c1sc2ccccc2[n+]1Cc1ccccc1. The molecule has 0 N–H and O–H groups in total. The summed E-state index contributed by atoms with van der Waals surface area (Å²) >= 11 is 1.91.